The Labute approximate surface area is 119 Å². The number of aliphatic hydroxyl groups is 1. The number of nitrogens with zero attached hydrogens (tertiary/aromatic N) is 1. The summed E-state index contributed by atoms with van der Waals surface area (Å²) in [7, 11) is -7.16. The molecule has 0 bridgehead atoms. The average molecular weight is 319 g/mol. The van der Waals surface area contributed by atoms with E-state index in [9.17, 15) is 16.8 Å². The number of sulfone groups is 1. The molecule has 0 aromatic heterocycles. The zero-order valence-corrected chi connectivity index (χ0v) is 12.9. The van der Waals surface area contributed by atoms with E-state index in [0.29, 0.717) is 5.56 Å². The zero-order chi connectivity index (χ0) is 15.1. The predicted molar refractivity (Wildman–Crippen MR) is 73.6 cm³/mol. The highest BCUT2D eigenvalue weighted by Crippen LogP contribution is 2.28. The van der Waals surface area contributed by atoms with Gasteiger partial charge in [-0.2, -0.15) is 4.31 Å². The quantitative estimate of drug-likeness (QED) is 0.844. The molecule has 1 N–H and O–H groups in total. The molecule has 112 valence electrons. The third-order valence-electron chi connectivity index (χ3n) is 3.39. The monoisotopic (exact) mass is 319 g/mol. The lowest BCUT2D eigenvalue weighted by Gasteiger charge is -2.37. The van der Waals surface area contributed by atoms with Crippen LogP contribution in [0.15, 0.2) is 28.0 Å². The van der Waals surface area contributed by atoms with Gasteiger partial charge < -0.3 is 5.11 Å². The van der Waals surface area contributed by atoms with E-state index in [1.54, 1.807) is 6.92 Å². The van der Waals surface area contributed by atoms with Crippen molar-refractivity contribution >= 4 is 19.9 Å². The van der Waals surface area contributed by atoms with Crippen LogP contribution in [0.5, 0.6) is 0 Å². The van der Waals surface area contributed by atoms with Gasteiger partial charge in [-0.3, -0.25) is 0 Å². The fourth-order valence-electron chi connectivity index (χ4n) is 2.06. The standard InChI is InChI=1S/C12H17NO5S2/c1-9-3-4-11(19(2,15)16)5-12(9)20(17,18)13-6-10(7-13)8-14/h3-5,10,14H,6-8H2,1-2H3. The molecule has 1 aliphatic rings. The average Bonchev–Trinajstić information content (AvgIpc) is 2.25. The van der Waals surface area contributed by atoms with Crippen molar-refractivity contribution in [1.29, 1.82) is 0 Å². The molecule has 1 heterocycles. The van der Waals surface area contributed by atoms with Gasteiger partial charge in [0.1, 0.15) is 0 Å². The van der Waals surface area contributed by atoms with Crippen LogP contribution in [0.3, 0.4) is 0 Å². The number of sulfonamides is 1. The van der Waals surface area contributed by atoms with Gasteiger partial charge in [-0.1, -0.05) is 6.07 Å². The van der Waals surface area contributed by atoms with Crippen molar-refractivity contribution in [1.82, 2.24) is 4.31 Å². The van der Waals surface area contributed by atoms with Crippen molar-refractivity contribution in [3.8, 4) is 0 Å². The van der Waals surface area contributed by atoms with Crippen molar-refractivity contribution in [2.24, 2.45) is 5.92 Å². The molecule has 0 saturated carbocycles. The summed E-state index contributed by atoms with van der Waals surface area (Å²) < 4.78 is 49.2. The summed E-state index contributed by atoms with van der Waals surface area (Å²) in [5, 5.41) is 8.94. The highest BCUT2D eigenvalue weighted by molar-refractivity contribution is 7.91. The van der Waals surface area contributed by atoms with E-state index in [-0.39, 0.29) is 35.4 Å². The summed E-state index contributed by atoms with van der Waals surface area (Å²) in [5.41, 5.74) is 0.504. The Morgan fingerprint density at radius 1 is 1.25 bits per heavy atom. The Kier molecular flexibility index (Phi) is 3.94. The highest BCUT2D eigenvalue weighted by atomic mass is 32.2. The van der Waals surface area contributed by atoms with Crippen molar-refractivity contribution < 1.29 is 21.9 Å². The molecule has 1 aliphatic heterocycles. The van der Waals surface area contributed by atoms with Crippen LogP contribution in [-0.4, -0.2) is 52.2 Å². The second-order valence-electron chi connectivity index (χ2n) is 5.07. The Balaban J connectivity index is 2.42. The van der Waals surface area contributed by atoms with E-state index in [4.69, 9.17) is 5.11 Å². The summed E-state index contributed by atoms with van der Waals surface area (Å²) in [6.07, 6.45) is 1.04. The maximum Gasteiger partial charge on any atom is 0.243 e. The Hall–Kier alpha value is -0.960. The predicted octanol–water partition coefficient (Wildman–Crippen LogP) is 0.0113. The van der Waals surface area contributed by atoms with E-state index >= 15 is 0 Å². The van der Waals surface area contributed by atoms with Gasteiger partial charge in [-0.15, -0.1) is 0 Å². The molecule has 0 spiro atoms. The van der Waals surface area contributed by atoms with Crippen LogP contribution >= 0.6 is 0 Å². The number of aliphatic hydroxyl groups excluding tert-OH is 1. The molecular formula is C12H17NO5S2. The van der Waals surface area contributed by atoms with Gasteiger partial charge in [-0.05, 0) is 24.6 Å². The fraction of sp³-hybridized carbons (Fsp3) is 0.500. The molecule has 1 saturated heterocycles. The third kappa shape index (κ3) is 2.73. The molecule has 20 heavy (non-hydrogen) atoms. The minimum atomic E-state index is -3.70. The molecule has 0 atom stereocenters. The van der Waals surface area contributed by atoms with Crippen molar-refractivity contribution in [2.75, 3.05) is 26.0 Å². The summed E-state index contributed by atoms with van der Waals surface area (Å²) >= 11 is 0. The maximum absolute atomic E-state index is 12.4. The summed E-state index contributed by atoms with van der Waals surface area (Å²) in [4.78, 5) is -0.00211. The minimum absolute atomic E-state index is 0.0109. The number of hydrogen-bond acceptors (Lipinski definition) is 5. The summed E-state index contributed by atoms with van der Waals surface area (Å²) in [6.45, 7) is 2.11. The Morgan fingerprint density at radius 2 is 1.85 bits per heavy atom. The van der Waals surface area contributed by atoms with Crippen LogP contribution in [0.4, 0.5) is 0 Å². The van der Waals surface area contributed by atoms with Crippen LogP contribution in [0.2, 0.25) is 0 Å². The normalized spacial score (nSPS) is 17.9. The largest absolute Gasteiger partial charge is 0.396 e. The fourth-order valence-corrected chi connectivity index (χ4v) is 4.63. The van der Waals surface area contributed by atoms with Crippen LogP contribution in [0.25, 0.3) is 0 Å². The highest BCUT2D eigenvalue weighted by Gasteiger charge is 2.37. The topological polar surface area (TPSA) is 91.8 Å². The Bertz CT molecular complexity index is 718. The number of rotatable bonds is 4. The summed E-state index contributed by atoms with van der Waals surface area (Å²) in [6, 6.07) is 4.09. The van der Waals surface area contributed by atoms with Gasteiger partial charge >= 0.3 is 0 Å². The minimum Gasteiger partial charge on any atom is -0.396 e. The van der Waals surface area contributed by atoms with Crippen molar-refractivity contribution in [2.45, 2.75) is 16.7 Å². The second kappa shape index (κ2) is 5.10. The van der Waals surface area contributed by atoms with Gasteiger partial charge in [0.15, 0.2) is 9.84 Å². The zero-order valence-electron chi connectivity index (χ0n) is 11.3. The third-order valence-corrected chi connectivity index (χ3v) is 6.47. The first kappa shape index (κ1) is 15.4. The van der Waals surface area contributed by atoms with Crippen LogP contribution in [-0.2, 0) is 19.9 Å². The van der Waals surface area contributed by atoms with Gasteiger partial charge in [0, 0.05) is 31.9 Å². The molecule has 2 rings (SSSR count). The van der Waals surface area contributed by atoms with E-state index in [1.807, 2.05) is 0 Å². The molecule has 0 unspecified atom stereocenters. The molecule has 0 amide bonds. The first-order chi connectivity index (χ1) is 9.16. The first-order valence-corrected chi connectivity index (χ1v) is 9.41. The Morgan fingerprint density at radius 3 is 2.35 bits per heavy atom. The first-order valence-electron chi connectivity index (χ1n) is 6.08. The molecule has 0 radical (unpaired) electrons. The van der Waals surface area contributed by atoms with Crippen LogP contribution in [0.1, 0.15) is 5.56 Å². The van der Waals surface area contributed by atoms with Gasteiger partial charge in [0.2, 0.25) is 10.0 Å². The number of aryl methyl sites for hydroxylation is 1. The van der Waals surface area contributed by atoms with Gasteiger partial charge in [0.05, 0.1) is 9.79 Å². The van der Waals surface area contributed by atoms with Gasteiger partial charge in [-0.25, -0.2) is 16.8 Å². The molecule has 0 aliphatic carbocycles. The maximum atomic E-state index is 12.4. The lowest BCUT2D eigenvalue weighted by molar-refractivity contribution is 0.117. The van der Waals surface area contributed by atoms with E-state index in [1.165, 1.54) is 22.5 Å². The van der Waals surface area contributed by atoms with Crippen LogP contribution < -0.4 is 0 Å². The number of benzene rings is 1. The second-order valence-corrected chi connectivity index (χ2v) is 8.99. The lowest BCUT2D eigenvalue weighted by Crippen LogP contribution is -2.51. The molecule has 6 nitrogen and oxygen atoms in total. The van der Waals surface area contributed by atoms with E-state index < -0.39 is 19.9 Å². The molecule has 1 aromatic carbocycles. The van der Waals surface area contributed by atoms with Gasteiger partial charge in [0.25, 0.3) is 0 Å². The SMILES string of the molecule is Cc1ccc(S(C)(=O)=O)cc1S(=O)(=O)N1CC(CO)C1. The number of hydrogen-bond donors (Lipinski definition) is 1. The van der Waals surface area contributed by atoms with Crippen LogP contribution in [0, 0.1) is 12.8 Å². The summed E-state index contributed by atoms with van der Waals surface area (Å²) in [5.74, 6) is -0.0387. The smallest absolute Gasteiger partial charge is 0.243 e. The molecule has 1 aromatic rings. The van der Waals surface area contributed by atoms with Crippen molar-refractivity contribution in [3.63, 3.8) is 0 Å². The van der Waals surface area contributed by atoms with E-state index in [0.717, 1.165) is 6.26 Å². The van der Waals surface area contributed by atoms with Crippen molar-refractivity contribution in [3.05, 3.63) is 23.8 Å². The van der Waals surface area contributed by atoms with E-state index in [2.05, 4.69) is 0 Å². The molecule has 1 fully saturated rings. The lowest BCUT2D eigenvalue weighted by atomic mass is 10.1. The molecular weight excluding hydrogens is 302 g/mol. The molecule has 8 heteroatoms.